The number of allylic oxidation sites excluding steroid dienone is 1. The molecular formula is C50H88N4O5. The predicted molar refractivity (Wildman–Crippen MR) is 250 cm³/mol. The fraction of sp³-hybridized carbons (Fsp3) is 0.680. The van der Waals surface area contributed by atoms with Crippen LogP contribution in [0.5, 0.6) is 0 Å². The molecule has 1 aromatic rings. The molecule has 0 saturated heterocycles. The van der Waals surface area contributed by atoms with Crippen molar-refractivity contribution >= 4 is 23.6 Å². The number of hydrogen-bond donors (Lipinski definition) is 4. The van der Waals surface area contributed by atoms with E-state index >= 15 is 0 Å². The molecule has 2 aliphatic rings. The van der Waals surface area contributed by atoms with Gasteiger partial charge in [0.05, 0.1) is 18.1 Å². The van der Waals surface area contributed by atoms with E-state index in [4.69, 9.17) is 4.74 Å². The number of alkyl carbamates (subject to hydrolysis) is 1. The van der Waals surface area contributed by atoms with Gasteiger partial charge in [0.2, 0.25) is 5.91 Å². The Kier molecular flexibility index (Phi) is 31.0. The van der Waals surface area contributed by atoms with Crippen LogP contribution in [-0.2, 0) is 19.1 Å². The van der Waals surface area contributed by atoms with Gasteiger partial charge in [0.25, 0.3) is 0 Å². The van der Waals surface area contributed by atoms with Crippen molar-refractivity contribution in [1.82, 2.24) is 16.0 Å². The Labute approximate surface area is 361 Å². The van der Waals surface area contributed by atoms with Crippen molar-refractivity contribution in [1.29, 1.82) is 0 Å². The topological polar surface area (TPSA) is 140 Å². The van der Waals surface area contributed by atoms with Gasteiger partial charge in [-0.15, -0.1) is 0 Å². The number of rotatable bonds is 19. The number of carbonyl (C=O) groups is 4. The lowest BCUT2D eigenvalue weighted by Gasteiger charge is -2.32. The maximum Gasteiger partial charge on any atom is 0.408 e. The van der Waals surface area contributed by atoms with Gasteiger partial charge in [0.15, 0.2) is 11.6 Å². The monoisotopic (exact) mass is 825 g/mol. The number of benzene rings is 1. The van der Waals surface area contributed by atoms with Crippen LogP contribution in [0.15, 0.2) is 67.5 Å². The van der Waals surface area contributed by atoms with Crippen LogP contribution in [0.4, 0.5) is 4.79 Å². The van der Waals surface area contributed by atoms with E-state index in [1.807, 2.05) is 65.0 Å². The molecule has 9 heteroatoms. The summed E-state index contributed by atoms with van der Waals surface area (Å²) in [5.74, 6) is 0.320. The summed E-state index contributed by atoms with van der Waals surface area (Å²) in [6, 6.07) is 8.36. The van der Waals surface area contributed by atoms with Gasteiger partial charge in [0, 0.05) is 24.5 Å². The Balaban J connectivity index is 0. The van der Waals surface area contributed by atoms with Crippen LogP contribution in [0.2, 0.25) is 0 Å². The highest BCUT2D eigenvalue weighted by Crippen LogP contribution is 2.35. The third kappa shape index (κ3) is 26.8. The smallest absolute Gasteiger partial charge is 0.408 e. The minimum atomic E-state index is -0.712. The van der Waals surface area contributed by atoms with Gasteiger partial charge in [-0.3, -0.25) is 14.4 Å². The van der Waals surface area contributed by atoms with Crippen molar-refractivity contribution in [2.75, 3.05) is 0 Å². The molecule has 0 radical (unpaired) electrons. The highest BCUT2D eigenvalue weighted by Gasteiger charge is 2.37. The summed E-state index contributed by atoms with van der Waals surface area (Å²) in [5, 5.41) is 9.35. The lowest BCUT2D eigenvalue weighted by atomic mass is 9.79. The van der Waals surface area contributed by atoms with Crippen molar-refractivity contribution in [3.63, 3.8) is 0 Å². The van der Waals surface area contributed by atoms with Crippen molar-refractivity contribution in [3.8, 4) is 0 Å². The summed E-state index contributed by atoms with van der Waals surface area (Å²) in [5.41, 5.74) is 6.43. The normalized spacial score (nSPS) is 16.0. The lowest BCUT2D eigenvalue weighted by molar-refractivity contribution is -0.133. The van der Waals surface area contributed by atoms with Crippen molar-refractivity contribution < 1.29 is 23.9 Å². The average molecular weight is 825 g/mol. The summed E-state index contributed by atoms with van der Waals surface area (Å²) in [6.45, 7) is 37.4. The molecule has 5 unspecified atom stereocenters. The molecule has 9 nitrogen and oxygen atoms in total. The van der Waals surface area contributed by atoms with Crippen LogP contribution in [0.1, 0.15) is 179 Å². The minimum absolute atomic E-state index is 0.00308. The highest BCUT2D eigenvalue weighted by molar-refractivity contribution is 5.94. The summed E-state index contributed by atoms with van der Waals surface area (Å²) in [7, 11) is 0. The third-order valence-corrected chi connectivity index (χ3v) is 9.68. The molecule has 5 N–H and O–H groups in total. The molecule has 2 aliphatic carbocycles. The minimum Gasteiger partial charge on any atom is -0.444 e. The van der Waals surface area contributed by atoms with E-state index < -0.39 is 29.7 Å². The average Bonchev–Trinajstić information content (AvgIpc) is 4.01. The van der Waals surface area contributed by atoms with Gasteiger partial charge in [-0.2, -0.15) is 0 Å². The maximum absolute atomic E-state index is 14.0. The summed E-state index contributed by atoms with van der Waals surface area (Å²) in [6.07, 6.45) is 9.58. The highest BCUT2D eigenvalue weighted by atomic mass is 16.6. The molecule has 0 aliphatic heterocycles. The zero-order valence-electron chi connectivity index (χ0n) is 39.8. The zero-order chi connectivity index (χ0) is 45.7. The maximum atomic E-state index is 14.0. The van der Waals surface area contributed by atoms with Gasteiger partial charge in [-0.25, -0.2) is 4.79 Å². The number of carbonyl (C=O) groups excluding carboxylic acids is 4. The first-order valence-electron chi connectivity index (χ1n) is 22.6. The first-order valence-corrected chi connectivity index (χ1v) is 22.6. The SMILES string of the molecule is C=C(CC(=O)C(CC1CC1)NC(=O)C(CC(=O)C(NC(=O)OC(C)(C)C)C1CCCCC1)CC(C)CC)NC(C(=C)C)c1ccccc1.C=CN.CC.CC.CC(C)C. The largest absolute Gasteiger partial charge is 0.444 e. The van der Waals surface area contributed by atoms with Gasteiger partial charge in [0.1, 0.15) is 5.60 Å². The Bertz CT molecular complexity index is 1360. The van der Waals surface area contributed by atoms with Gasteiger partial charge in [-0.1, -0.05) is 156 Å². The quantitative estimate of drug-likeness (QED) is 0.102. The van der Waals surface area contributed by atoms with E-state index in [0.717, 1.165) is 68.4 Å². The van der Waals surface area contributed by atoms with Crippen LogP contribution in [0, 0.1) is 29.6 Å². The number of Topliss-reactive ketones (excluding diaryl/α,β-unsaturated/α-hetero) is 2. The van der Waals surface area contributed by atoms with E-state index in [0.29, 0.717) is 24.5 Å². The van der Waals surface area contributed by atoms with E-state index in [1.165, 1.54) is 6.20 Å². The molecule has 3 rings (SSSR count). The van der Waals surface area contributed by atoms with E-state index in [-0.39, 0.29) is 48.2 Å². The summed E-state index contributed by atoms with van der Waals surface area (Å²) < 4.78 is 5.52. The number of nitrogens with two attached hydrogens (primary N) is 1. The van der Waals surface area contributed by atoms with E-state index in [2.05, 4.69) is 76.0 Å². The number of amides is 2. The molecular weight excluding hydrogens is 737 g/mol. The molecule has 1 aromatic carbocycles. The molecule has 0 spiro atoms. The van der Waals surface area contributed by atoms with Gasteiger partial charge in [-0.05, 0) is 88.8 Å². The van der Waals surface area contributed by atoms with Crippen LogP contribution < -0.4 is 21.7 Å². The number of hydrogen-bond acceptors (Lipinski definition) is 7. The number of ether oxygens (including phenoxy) is 1. The zero-order valence-corrected chi connectivity index (χ0v) is 39.8. The van der Waals surface area contributed by atoms with Crippen molar-refractivity contribution in [3.05, 3.63) is 73.1 Å². The van der Waals surface area contributed by atoms with E-state index in [1.54, 1.807) is 20.8 Å². The van der Waals surface area contributed by atoms with Crippen LogP contribution in [0.25, 0.3) is 0 Å². The molecule has 0 heterocycles. The van der Waals surface area contributed by atoms with Crippen LogP contribution in [0.3, 0.4) is 0 Å². The molecule has 0 bridgehead atoms. The lowest BCUT2D eigenvalue weighted by Crippen LogP contribution is -2.50. The molecule has 338 valence electrons. The standard InChI is InChI=1S/C40H61N3O5.C4H10.C2H5N.2C2H6/c1-9-27(4)22-32(25-35(45)37(31-18-14-11-15-19-31)43-39(47)48-40(6,7)8)38(46)42-33(24-29-20-21-29)34(44)23-28(5)41-36(26(2)3)30-16-12-10-13-17-30;1-4(2)3;1-2-3;2*1-2/h10,12-13,16-17,27,29,31-33,36-37,41H,2,5,9,11,14-15,18-25H2,1,3-4,6-8H3,(H,42,46)(H,43,47);4H,1-3H3;2H,1,3H2;2*1-2H3. The summed E-state index contributed by atoms with van der Waals surface area (Å²) in [4.78, 5) is 54.6. The number of ketones is 2. The first-order chi connectivity index (χ1) is 27.8. The second-order valence-electron chi connectivity index (χ2n) is 17.4. The molecule has 2 amide bonds. The molecule has 59 heavy (non-hydrogen) atoms. The molecule has 5 atom stereocenters. The van der Waals surface area contributed by atoms with Gasteiger partial charge < -0.3 is 26.4 Å². The Morgan fingerprint density at radius 2 is 1.39 bits per heavy atom. The molecule has 2 fully saturated rings. The molecule has 2 saturated carbocycles. The second kappa shape index (κ2) is 32.0. The van der Waals surface area contributed by atoms with Crippen molar-refractivity contribution in [2.45, 2.75) is 191 Å². The van der Waals surface area contributed by atoms with Crippen LogP contribution in [-0.4, -0.2) is 41.3 Å². The number of nitrogens with one attached hydrogen (secondary N) is 3. The van der Waals surface area contributed by atoms with Crippen molar-refractivity contribution in [2.24, 2.45) is 35.3 Å². The van der Waals surface area contributed by atoms with Gasteiger partial charge >= 0.3 is 6.09 Å². The Hall–Kier alpha value is -3.88. The van der Waals surface area contributed by atoms with Crippen LogP contribution >= 0.6 is 0 Å². The molecule has 0 aromatic heterocycles. The summed E-state index contributed by atoms with van der Waals surface area (Å²) >= 11 is 0. The predicted octanol–water partition coefficient (Wildman–Crippen LogP) is 11.9. The fourth-order valence-electron chi connectivity index (χ4n) is 6.64. The Morgan fingerprint density at radius 3 is 1.85 bits per heavy atom. The fourth-order valence-corrected chi connectivity index (χ4v) is 6.64. The second-order valence-corrected chi connectivity index (χ2v) is 17.4. The Morgan fingerprint density at radius 1 is 0.864 bits per heavy atom. The third-order valence-electron chi connectivity index (χ3n) is 9.68. The van der Waals surface area contributed by atoms with E-state index in [9.17, 15) is 19.2 Å². The first kappa shape index (κ1) is 57.2.